The molecule has 0 aliphatic heterocycles. The summed E-state index contributed by atoms with van der Waals surface area (Å²) in [5.74, 6) is 0. The monoisotopic (exact) mass is 310 g/mol. The number of aryl methyl sites for hydroxylation is 4. The van der Waals surface area contributed by atoms with Gasteiger partial charge in [-0.3, -0.25) is 0 Å². The lowest BCUT2D eigenvalue weighted by Crippen LogP contribution is -1.85. The second-order valence-corrected chi connectivity index (χ2v) is 7.00. The zero-order chi connectivity index (χ0) is 14.5. The van der Waals surface area contributed by atoms with E-state index in [9.17, 15) is 0 Å². The van der Waals surface area contributed by atoms with Crippen molar-refractivity contribution in [1.82, 2.24) is 19.9 Å². The van der Waals surface area contributed by atoms with E-state index in [0.717, 1.165) is 36.0 Å². The van der Waals surface area contributed by atoms with E-state index in [1.165, 1.54) is 22.8 Å². The molecular weight excluding hydrogens is 288 g/mol. The normalized spacial score (nSPS) is 11.2. The van der Waals surface area contributed by atoms with Crippen LogP contribution in [0.15, 0.2) is 10.3 Å². The van der Waals surface area contributed by atoms with Gasteiger partial charge in [-0.25, -0.2) is 9.97 Å². The third-order valence-electron chi connectivity index (χ3n) is 3.10. The lowest BCUT2D eigenvalue weighted by molar-refractivity contribution is 0.873. The number of hydrogen-bond donors (Lipinski definition) is 2. The third kappa shape index (κ3) is 3.82. The maximum Gasteiger partial charge on any atom is 0.177 e. The molecule has 0 radical (unpaired) electrons. The van der Waals surface area contributed by atoms with E-state index in [0.29, 0.717) is 0 Å². The van der Waals surface area contributed by atoms with Crippen molar-refractivity contribution in [3.05, 3.63) is 22.8 Å². The molecule has 20 heavy (non-hydrogen) atoms. The molecule has 2 aromatic heterocycles. The molecule has 0 unspecified atom stereocenters. The predicted molar refractivity (Wildman–Crippen MR) is 86.4 cm³/mol. The number of hydrogen-bond acceptors (Lipinski definition) is 4. The molecule has 0 saturated heterocycles. The predicted octanol–water partition coefficient (Wildman–Crippen LogP) is 4.45. The highest BCUT2D eigenvalue weighted by Gasteiger charge is 2.10. The van der Waals surface area contributed by atoms with Crippen LogP contribution in [0.3, 0.4) is 0 Å². The zero-order valence-electron chi connectivity index (χ0n) is 12.5. The first-order valence-corrected chi connectivity index (χ1v) is 9.24. The van der Waals surface area contributed by atoms with Gasteiger partial charge in [-0.05, 0) is 48.3 Å². The molecule has 110 valence electrons. The quantitative estimate of drug-likeness (QED) is 0.742. The van der Waals surface area contributed by atoms with Crippen molar-refractivity contribution in [2.24, 2.45) is 0 Å². The van der Waals surface area contributed by atoms with Crippen LogP contribution in [-0.2, 0) is 12.8 Å². The first kappa shape index (κ1) is 15.5. The fourth-order valence-electron chi connectivity index (χ4n) is 2.05. The maximum absolute atomic E-state index is 4.63. The van der Waals surface area contributed by atoms with Gasteiger partial charge in [-0.15, -0.1) is 0 Å². The van der Waals surface area contributed by atoms with E-state index in [2.05, 4.69) is 47.6 Å². The molecule has 0 amide bonds. The van der Waals surface area contributed by atoms with Crippen LogP contribution in [0.1, 0.15) is 49.5 Å². The fourth-order valence-corrected chi connectivity index (χ4v) is 3.84. The van der Waals surface area contributed by atoms with E-state index in [-0.39, 0.29) is 0 Å². The highest BCUT2D eigenvalue weighted by Crippen LogP contribution is 2.35. The van der Waals surface area contributed by atoms with Crippen LogP contribution in [0.5, 0.6) is 0 Å². The number of H-pyrrole nitrogens is 2. The highest BCUT2D eigenvalue weighted by atomic mass is 33.1. The van der Waals surface area contributed by atoms with Gasteiger partial charge in [-0.1, -0.05) is 26.7 Å². The van der Waals surface area contributed by atoms with Crippen LogP contribution >= 0.6 is 21.6 Å². The molecule has 0 bridgehead atoms. The van der Waals surface area contributed by atoms with Crippen molar-refractivity contribution >= 4 is 21.6 Å². The second-order valence-electron chi connectivity index (χ2n) is 4.89. The number of rotatable bonds is 7. The number of nitrogens with zero attached hydrogens (tertiary/aromatic N) is 2. The summed E-state index contributed by atoms with van der Waals surface area (Å²) in [6.45, 7) is 8.53. The average Bonchev–Trinajstić information content (AvgIpc) is 2.93. The van der Waals surface area contributed by atoms with Gasteiger partial charge in [0.2, 0.25) is 0 Å². The minimum Gasteiger partial charge on any atom is -0.336 e. The van der Waals surface area contributed by atoms with Gasteiger partial charge in [0.05, 0.1) is 11.4 Å². The Balaban J connectivity index is 1.98. The number of aromatic nitrogens is 4. The van der Waals surface area contributed by atoms with E-state index in [1.54, 1.807) is 21.6 Å². The summed E-state index contributed by atoms with van der Waals surface area (Å²) in [6.07, 6.45) is 4.32. The largest absolute Gasteiger partial charge is 0.336 e. The minimum atomic E-state index is 0.960. The lowest BCUT2D eigenvalue weighted by Gasteiger charge is -1.93. The van der Waals surface area contributed by atoms with Gasteiger partial charge >= 0.3 is 0 Å². The summed E-state index contributed by atoms with van der Waals surface area (Å²) in [5, 5.41) is 1.92. The van der Waals surface area contributed by atoms with Crippen molar-refractivity contribution in [2.75, 3.05) is 0 Å². The Hall–Kier alpha value is -0.880. The molecule has 0 aliphatic carbocycles. The van der Waals surface area contributed by atoms with Crippen LogP contribution < -0.4 is 0 Å². The third-order valence-corrected chi connectivity index (χ3v) is 5.08. The summed E-state index contributed by atoms with van der Waals surface area (Å²) >= 11 is 0. The van der Waals surface area contributed by atoms with E-state index < -0.39 is 0 Å². The Labute approximate surface area is 128 Å². The van der Waals surface area contributed by atoms with Gasteiger partial charge in [0.25, 0.3) is 0 Å². The molecule has 2 rings (SSSR count). The Morgan fingerprint density at radius 3 is 1.55 bits per heavy atom. The molecule has 0 aromatic carbocycles. The summed E-state index contributed by atoms with van der Waals surface area (Å²) in [6, 6.07) is 0. The topological polar surface area (TPSA) is 57.4 Å². The maximum atomic E-state index is 4.63. The first-order chi connectivity index (χ1) is 9.63. The first-order valence-electron chi connectivity index (χ1n) is 7.09. The molecular formula is C14H22N4S2. The molecule has 4 nitrogen and oxygen atoms in total. The van der Waals surface area contributed by atoms with E-state index in [4.69, 9.17) is 0 Å². The van der Waals surface area contributed by atoms with Crippen LogP contribution in [0, 0.1) is 13.8 Å². The molecule has 2 heterocycles. The molecule has 0 fully saturated rings. The fraction of sp³-hybridized carbons (Fsp3) is 0.571. The molecule has 2 aromatic rings. The molecule has 0 atom stereocenters. The summed E-state index contributed by atoms with van der Waals surface area (Å²) in [7, 11) is 3.26. The number of nitrogens with one attached hydrogen (secondary N) is 2. The van der Waals surface area contributed by atoms with Gasteiger partial charge in [0.15, 0.2) is 10.3 Å². The Kier molecular flexibility index (Phi) is 5.60. The van der Waals surface area contributed by atoms with Crippen LogP contribution in [0.4, 0.5) is 0 Å². The van der Waals surface area contributed by atoms with Crippen LogP contribution in [-0.4, -0.2) is 19.9 Å². The van der Waals surface area contributed by atoms with Crippen molar-refractivity contribution in [2.45, 2.75) is 63.7 Å². The van der Waals surface area contributed by atoms with Gasteiger partial charge in [0, 0.05) is 11.4 Å². The second kappa shape index (κ2) is 7.22. The molecule has 0 aliphatic rings. The number of imidazole rings is 2. The SMILES string of the molecule is CCCc1nc(SSc2nc(CCC)c(C)[nH]2)[nH]c1C. The Morgan fingerprint density at radius 1 is 0.800 bits per heavy atom. The number of aromatic amines is 2. The lowest BCUT2D eigenvalue weighted by atomic mass is 10.2. The molecule has 2 N–H and O–H groups in total. The van der Waals surface area contributed by atoms with Gasteiger partial charge < -0.3 is 9.97 Å². The average molecular weight is 310 g/mol. The van der Waals surface area contributed by atoms with Crippen LogP contribution in [0.2, 0.25) is 0 Å². The highest BCUT2D eigenvalue weighted by molar-refractivity contribution is 8.76. The Bertz CT molecular complexity index is 509. The van der Waals surface area contributed by atoms with Gasteiger partial charge in [-0.2, -0.15) is 0 Å². The van der Waals surface area contributed by atoms with Crippen molar-refractivity contribution in [3.8, 4) is 0 Å². The van der Waals surface area contributed by atoms with Crippen molar-refractivity contribution in [1.29, 1.82) is 0 Å². The molecule has 0 spiro atoms. The molecule has 0 saturated carbocycles. The summed E-state index contributed by atoms with van der Waals surface area (Å²) in [5.41, 5.74) is 4.71. The minimum absolute atomic E-state index is 0.960. The smallest absolute Gasteiger partial charge is 0.177 e. The van der Waals surface area contributed by atoms with Crippen LogP contribution in [0.25, 0.3) is 0 Å². The summed E-state index contributed by atoms with van der Waals surface area (Å²) in [4.78, 5) is 15.9. The van der Waals surface area contributed by atoms with Gasteiger partial charge in [0.1, 0.15) is 0 Å². The van der Waals surface area contributed by atoms with Crippen molar-refractivity contribution < 1.29 is 0 Å². The van der Waals surface area contributed by atoms with Crippen molar-refractivity contribution in [3.63, 3.8) is 0 Å². The van der Waals surface area contributed by atoms with E-state index in [1.807, 2.05) is 0 Å². The Morgan fingerprint density at radius 2 is 1.20 bits per heavy atom. The molecule has 6 heteroatoms. The summed E-state index contributed by atoms with van der Waals surface area (Å²) < 4.78 is 0. The van der Waals surface area contributed by atoms with E-state index >= 15 is 0 Å². The zero-order valence-corrected chi connectivity index (χ0v) is 14.2. The standard InChI is InChI=1S/C14H22N4S2/c1-5-7-11-9(3)15-13(17-11)19-20-14-16-10(4)12(18-14)8-6-2/h5-8H2,1-4H3,(H,15,17)(H,16,18).